The van der Waals surface area contributed by atoms with Crippen LogP contribution in [0.5, 0.6) is 0 Å². The van der Waals surface area contributed by atoms with Gasteiger partial charge < -0.3 is 9.84 Å². The first kappa shape index (κ1) is 15.4. The van der Waals surface area contributed by atoms with Gasteiger partial charge in [-0.15, -0.1) is 0 Å². The van der Waals surface area contributed by atoms with E-state index >= 15 is 0 Å². The Morgan fingerprint density at radius 2 is 1.28 bits per heavy atom. The van der Waals surface area contributed by atoms with Gasteiger partial charge in [0, 0.05) is 6.42 Å². The predicted molar refractivity (Wildman–Crippen MR) is 41.2 cm³/mol. The Morgan fingerprint density at radius 3 is 1.61 bits per heavy atom. The summed E-state index contributed by atoms with van der Waals surface area (Å²) in [5.41, 5.74) is 0. The summed E-state index contributed by atoms with van der Waals surface area (Å²) in [6.45, 7) is -3.00. The highest BCUT2D eigenvalue weighted by Crippen LogP contribution is 2.54. The van der Waals surface area contributed by atoms with Gasteiger partial charge in [-0.05, 0) is 0 Å². The summed E-state index contributed by atoms with van der Waals surface area (Å²) in [4.78, 5) is 0. The molecule has 1 heterocycles. The van der Waals surface area contributed by atoms with Crippen LogP contribution >= 0.6 is 0 Å². The van der Waals surface area contributed by atoms with E-state index in [0.29, 0.717) is 0 Å². The van der Waals surface area contributed by atoms with E-state index in [0.717, 1.165) is 0 Å². The molecule has 10 heteroatoms. The van der Waals surface area contributed by atoms with Crippen molar-refractivity contribution < 1.29 is 45.0 Å². The van der Waals surface area contributed by atoms with E-state index in [2.05, 4.69) is 4.74 Å². The lowest BCUT2D eigenvalue weighted by atomic mass is 9.96. The highest BCUT2D eigenvalue weighted by Gasteiger charge is 2.80. The number of hydrogen-bond donors (Lipinski definition) is 1. The molecule has 0 spiro atoms. The summed E-state index contributed by atoms with van der Waals surface area (Å²) < 4.78 is 106. The molecule has 1 saturated heterocycles. The molecule has 1 N–H and O–H groups in total. The Balaban J connectivity index is 3.02. The smallest absolute Gasteiger partial charge is 0.380 e. The molecule has 18 heavy (non-hydrogen) atoms. The third kappa shape index (κ3) is 2.27. The van der Waals surface area contributed by atoms with Crippen LogP contribution in [0.3, 0.4) is 0 Å². The number of ether oxygens (including phenoxy) is 1. The zero-order valence-corrected chi connectivity index (χ0v) is 8.58. The fourth-order valence-corrected chi connectivity index (χ4v) is 1.16. The van der Waals surface area contributed by atoms with Crippen molar-refractivity contribution in [1.82, 2.24) is 0 Å². The Bertz CT molecular complexity index is 312. The van der Waals surface area contributed by atoms with Crippen molar-refractivity contribution in [2.45, 2.75) is 36.2 Å². The van der Waals surface area contributed by atoms with E-state index in [1.165, 1.54) is 0 Å². The van der Waals surface area contributed by atoms with Gasteiger partial charge in [0.05, 0.1) is 12.7 Å². The third-order valence-electron chi connectivity index (χ3n) is 2.40. The van der Waals surface area contributed by atoms with Gasteiger partial charge in [-0.25, -0.2) is 0 Å². The van der Waals surface area contributed by atoms with Gasteiger partial charge in [-0.2, -0.15) is 35.1 Å². The van der Waals surface area contributed by atoms with Crippen molar-refractivity contribution in [2.24, 2.45) is 0 Å². The van der Waals surface area contributed by atoms with Crippen molar-refractivity contribution >= 4 is 0 Å². The minimum Gasteiger partial charge on any atom is -0.390 e. The number of hydrogen-bond acceptors (Lipinski definition) is 2. The van der Waals surface area contributed by atoms with Crippen LogP contribution in [0.4, 0.5) is 35.1 Å². The van der Waals surface area contributed by atoms with Crippen molar-refractivity contribution in [2.75, 3.05) is 13.2 Å². The lowest BCUT2D eigenvalue weighted by Crippen LogP contribution is -2.63. The van der Waals surface area contributed by atoms with Crippen LogP contribution in [-0.4, -0.2) is 48.1 Å². The molecule has 1 unspecified atom stereocenters. The van der Waals surface area contributed by atoms with Crippen molar-refractivity contribution in [3.63, 3.8) is 0 Å². The Labute approximate surface area is 95.5 Å². The number of rotatable bonds is 6. The van der Waals surface area contributed by atoms with E-state index in [1.54, 1.807) is 0 Å². The van der Waals surface area contributed by atoms with Crippen molar-refractivity contribution in [1.29, 1.82) is 0 Å². The highest BCUT2D eigenvalue weighted by molar-refractivity contribution is 5.04. The third-order valence-corrected chi connectivity index (χ3v) is 2.40. The minimum absolute atomic E-state index is 0.326. The lowest BCUT2D eigenvalue weighted by Gasteiger charge is -2.35. The van der Waals surface area contributed by atoms with Gasteiger partial charge in [0.2, 0.25) is 0 Å². The second-order valence-corrected chi connectivity index (χ2v) is 3.88. The maximum atomic E-state index is 12.9. The SMILES string of the molecule is OCC(F)(F)C(F)(F)C(F)(F)C(F)(F)CC1CO1. The Morgan fingerprint density at radius 1 is 0.889 bits per heavy atom. The molecule has 0 aromatic heterocycles. The molecular formula is C8H8F8O2. The van der Waals surface area contributed by atoms with Crippen molar-refractivity contribution in [3.8, 4) is 0 Å². The maximum absolute atomic E-state index is 12.9. The quantitative estimate of drug-likeness (QED) is 0.601. The van der Waals surface area contributed by atoms with Crippen molar-refractivity contribution in [3.05, 3.63) is 0 Å². The molecule has 1 rings (SSSR count). The van der Waals surface area contributed by atoms with Crippen LogP contribution < -0.4 is 0 Å². The van der Waals surface area contributed by atoms with E-state index in [1.807, 2.05) is 0 Å². The molecule has 1 aliphatic heterocycles. The average Bonchev–Trinajstić information content (AvgIpc) is 3.00. The Hall–Kier alpha value is -0.640. The van der Waals surface area contributed by atoms with E-state index in [9.17, 15) is 35.1 Å². The fraction of sp³-hybridized carbons (Fsp3) is 1.00. The van der Waals surface area contributed by atoms with Crippen LogP contribution in [0.2, 0.25) is 0 Å². The summed E-state index contributed by atoms with van der Waals surface area (Å²) in [6, 6.07) is 0. The molecule has 0 saturated carbocycles. The second kappa shape index (κ2) is 4.19. The van der Waals surface area contributed by atoms with Gasteiger partial charge in [0.15, 0.2) is 0 Å². The molecule has 108 valence electrons. The molecular weight excluding hydrogens is 280 g/mol. The molecule has 1 atom stereocenters. The standard InChI is InChI=1S/C8H8F8O2/c9-5(10,1-4-2-18-4)7(13,14)8(15,16)6(11,12)3-17/h4,17H,1-3H2. The molecule has 0 aliphatic carbocycles. The Kier molecular flexibility index (Phi) is 3.59. The molecule has 0 bridgehead atoms. The van der Waals surface area contributed by atoms with E-state index in [4.69, 9.17) is 5.11 Å². The number of alkyl halides is 8. The average molecular weight is 288 g/mol. The summed E-state index contributed by atoms with van der Waals surface area (Å²) in [7, 11) is 0. The first-order chi connectivity index (χ1) is 7.89. The van der Waals surface area contributed by atoms with Gasteiger partial charge >= 0.3 is 23.7 Å². The first-order valence-electron chi connectivity index (χ1n) is 4.63. The number of aliphatic hydroxyl groups excluding tert-OH is 1. The largest absolute Gasteiger partial charge is 0.390 e. The summed E-state index contributed by atoms with van der Waals surface area (Å²) >= 11 is 0. The molecule has 0 aromatic rings. The van der Waals surface area contributed by atoms with Crippen LogP contribution in [0.1, 0.15) is 6.42 Å². The monoisotopic (exact) mass is 288 g/mol. The number of aliphatic hydroxyl groups is 1. The summed E-state index contributed by atoms with van der Waals surface area (Å²) in [6.07, 6.45) is -3.15. The second-order valence-electron chi connectivity index (χ2n) is 3.88. The normalized spacial score (nSPS) is 22.2. The van der Waals surface area contributed by atoms with Crippen LogP contribution in [0.25, 0.3) is 0 Å². The van der Waals surface area contributed by atoms with Crippen LogP contribution in [0.15, 0.2) is 0 Å². The van der Waals surface area contributed by atoms with Gasteiger partial charge in [-0.3, -0.25) is 0 Å². The molecule has 0 amide bonds. The highest BCUT2D eigenvalue weighted by atomic mass is 19.4. The lowest BCUT2D eigenvalue weighted by molar-refractivity contribution is -0.371. The van der Waals surface area contributed by atoms with Crippen LogP contribution in [0, 0.1) is 0 Å². The van der Waals surface area contributed by atoms with E-state index < -0.39 is 42.8 Å². The fourth-order valence-electron chi connectivity index (χ4n) is 1.16. The molecule has 0 aromatic carbocycles. The van der Waals surface area contributed by atoms with E-state index in [-0.39, 0.29) is 6.61 Å². The summed E-state index contributed by atoms with van der Waals surface area (Å²) in [5.74, 6) is -23.7. The number of epoxide rings is 1. The van der Waals surface area contributed by atoms with Gasteiger partial charge in [-0.1, -0.05) is 0 Å². The number of halogens is 8. The molecule has 1 aliphatic rings. The zero-order valence-electron chi connectivity index (χ0n) is 8.58. The summed E-state index contributed by atoms with van der Waals surface area (Å²) in [5, 5.41) is 7.92. The van der Waals surface area contributed by atoms with Gasteiger partial charge in [0.1, 0.15) is 6.61 Å². The minimum atomic E-state index is -6.38. The first-order valence-corrected chi connectivity index (χ1v) is 4.63. The predicted octanol–water partition coefficient (Wildman–Crippen LogP) is 2.31. The molecule has 1 fully saturated rings. The molecule has 2 nitrogen and oxygen atoms in total. The van der Waals surface area contributed by atoms with Crippen LogP contribution in [-0.2, 0) is 4.74 Å². The van der Waals surface area contributed by atoms with Gasteiger partial charge in [0.25, 0.3) is 0 Å². The molecule has 0 radical (unpaired) electrons. The zero-order chi connectivity index (χ0) is 14.4. The maximum Gasteiger partial charge on any atom is 0.380 e. The topological polar surface area (TPSA) is 32.8 Å².